The van der Waals surface area contributed by atoms with Gasteiger partial charge in [0.05, 0.1) is 11.9 Å². The fraction of sp³-hybridized carbons (Fsp3) is 0.364. The predicted octanol–water partition coefficient (Wildman–Crippen LogP) is 3.19. The van der Waals surface area contributed by atoms with Crippen molar-refractivity contribution in [2.24, 2.45) is 0 Å². The summed E-state index contributed by atoms with van der Waals surface area (Å²) in [6, 6.07) is 10.6. The third-order valence-corrected chi connectivity index (χ3v) is 6.05. The highest BCUT2D eigenvalue weighted by molar-refractivity contribution is 7.92. The van der Waals surface area contributed by atoms with Crippen LogP contribution in [0.15, 0.2) is 48.5 Å². The summed E-state index contributed by atoms with van der Waals surface area (Å²) in [6.45, 7) is 4.71. The van der Waals surface area contributed by atoms with Crippen molar-refractivity contribution in [2.45, 2.75) is 39.4 Å². The molecule has 0 saturated carbocycles. The number of nitrogens with one attached hydrogen (secondary N) is 1. The van der Waals surface area contributed by atoms with Gasteiger partial charge in [0.15, 0.2) is 0 Å². The van der Waals surface area contributed by atoms with Crippen molar-refractivity contribution in [3.05, 3.63) is 64.9 Å². The van der Waals surface area contributed by atoms with Crippen molar-refractivity contribution in [1.29, 1.82) is 0 Å². The van der Waals surface area contributed by atoms with Crippen LogP contribution in [0.4, 0.5) is 10.1 Å². The Morgan fingerprint density at radius 1 is 1.03 bits per heavy atom. The van der Waals surface area contributed by atoms with Crippen LogP contribution < -0.4 is 9.62 Å². The zero-order chi connectivity index (χ0) is 24.1. The summed E-state index contributed by atoms with van der Waals surface area (Å²) in [5.74, 6) is -1.48. The van der Waals surface area contributed by atoms with E-state index in [1.165, 1.54) is 17.0 Å². The Morgan fingerprint density at radius 2 is 1.59 bits per heavy atom. The van der Waals surface area contributed by atoms with E-state index >= 15 is 0 Å². The second kappa shape index (κ2) is 10.8. The number of hydrogen-bond donors (Lipinski definition) is 1. The van der Waals surface area contributed by atoms with Gasteiger partial charge in [-0.25, -0.2) is 12.8 Å². The average Bonchev–Trinajstić information content (AvgIpc) is 2.70. The number of halogens is 2. The van der Waals surface area contributed by atoms with Crippen molar-refractivity contribution < 1.29 is 22.4 Å². The monoisotopic (exact) mass is 483 g/mol. The molecule has 0 heterocycles. The van der Waals surface area contributed by atoms with E-state index in [1.807, 2.05) is 0 Å². The topological polar surface area (TPSA) is 86.8 Å². The molecule has 10 heteroatoms. The van der Waals surface area contributed by atoms with Gasteiger partial charge in [0.25, 0.3) is 0 Å². The minimum atomic E-state index is -3.86. The van der Waals surface area contributed by atoms with Crippen molar-refractivity contribution in [3.8, 4) is 0 Å². The molecular formula is C22H27ClFN3O4S. The summed E-state index contributed by atoms with van der Waals surface area (Å²) < 4.78 is 39.0. The standard InChI is InChI=1S/C22H27ClFN3O4S/c1-15(2)25-22(29)16(3)26(13-17-5-7-18(23)8-6-17)21(28)14-27(32(4,30)31)20-11-9-19(24)10-12-20/h5-12,15-16H,13-14H2,1-4H3,(H,25,29). The van der Waals surface area contributed by atoms with Crippen LogP contribution in [0.25, 0.3) is 0 Å². The Kier molecular flexibility index (Phi) is 8.63. The van der Waals surface area contributed by atoms with Gasteiger partial charge in [0.2, 0.25) is 21.8 Å². The Labute approximate surface area is 193 Å². The van der Waals surface area contributed by atoms with E-state index < -0.39 is 34.3 Å². The number of rotatable bonds is 9. The second-order valence-corrected chi connectivity index (χ2v) is 10.1. The van der Waals surface area contributed by atoms with E-state index in [2.05, 4.69) is 5.32 Å². The lowest BCUT2D eigenvalue weighted by atomic mass is 10.1. The van der Waals surface area contributed by atoms with E-state index in [4.69, 9.17) is 11.6 Å². The maximum absolute atomic E-state index is 13.3. The van der Waals surface area contributed by atoms with Gasteiger partial charge in [-0.1, -0.05) is 23.7 Å². The smallest absolute Gasteiger partial charge is 0.244 e. The number of hydrogen-bond acceptors (Lipinski definition) is 4. The van der Waals surface area contributed by atoms with E-state index in [0.29, 0.717) is 5.02 Å². The Bertz CT molecular complexity index is 1040. The van der Waals surface area contributed by atoms with Gasteiger partial charge < -0.3 is 10.2 Å². The molecule has 2 aromatic carbocycles. The summed E-state index contributed by atoms with van der Waals surface area (Å²) in [5.41, 5.74) is 0.868. The fourth-order valence-electron chi connectivity index (χ4n) is 3.00. The largest absolute Gasteiger partial charge is 0.352 e. The summed E-state index contributed by atoms with van der Waals surface area (Å²) in [5, 5.41) is 3.29. The molecule has 2 aromatic rings. The average molecular weight is 484 g/mol. The molecule has 0 fully saturated rings. The van der Waals surface area contributed by atoms with Gasteiger partial charge in [-0.05, 0) is 62.7 Å². The van der Waals surface area contributed by atoms with E-state index in [-0.39, 0.29) is 24.2 Å². The van der Waals surface area contributed by atoms with Crippen molar-refractivity contribution in [3.63, 3.8) is 0 Å². The van der Waals surface area contributed by atoms with Crippen LogP contribution in [-0.4, -0.2) is 50.0 Å². The molecule has 0 aliphatic rings. The van der Waals surface area contributed by atoms with Gasteiger partial charge in [0, 0.05) is 17.6 Å². The highest BCUT2D eigenvalue weighted by Crippen LogP contribution is 2.20. The van der Waals surface area contributed by atoms with Gasteiger partial charge in [-0.15, -0.1) is 0 Å². The first kappa shape index (κ1) is 25.6. The second-order valence-electron chi connectivity index (χ2n) is 7.73. The Hall–Kier alpha value is -2.65. The normalized spacial score (nSPS) is 12.3. The summed E-state index contributed by atoms with van der Waals surface area (Å²) >= 11 is 5.93. The molecule has 1 N–H and O–H groups in total. The highest BCUT2D eigenvalue weighted by atomic mass is 35.5. The lowest BCUT2D eigenvalue weighted by Gasteiger charge is -2.31. The third kappa shape index (κ3) is 7.20. The molecule has 2 rings (SSSR count). The van der Waals surface area contributed by atoms with Crippen LogP contribution in [0.5, 0.6) is 0 Å². The molecular weight excluding hydrogens is 457 g/mol. The van der Waals surface area contributed by atoms with Crippen LogP contribution in [0, 0.1) is 5.82 Å². The maximum Gasteiger partial charge on any atom is 0.244 e. The molecule has 32 heavy (non-hydrogen) atoms. The third-order valence-electron chi connectivity index (χ3n) is 4.66. The molecule has 7 nitrogen and oxygen atoms in total. The lowest BCUT2D eigenvalue weighted by molar-refractivity contribution is -0.139. The van der Waals surface area contributed by atoms with Gasteiger partial charge >= 0.3 is 0 Å². The lowest BCUT2D eigenvalue weighted by Crippen LogP contribution is -2.52. The fourth-order valence-corrected chi connectivity index (χ4v) is 3.97. The predicted molar refractivity (Wildman–Crippen MR) is 123 cm³/mol. The first-order valence-electron chi connectivity index (χ1n) is 9.96. The molecule has 174 valence electrons. The van der Waals surface area contributed by atoms with Crippen molar-refractivity contribution in [2.75, 3.05) is 17.1 Å². The molecule has 0 spiro atoms. The van der Waals surface area contributed by atoms with E-state index in [0.717, 1.165) is 28.3 Å². The molecule has 0 radical (unpaired) electrons. The number of sulfonamides is 1. The van der Waals surface area contributed by atoms with Crippen LogP contribution in [0.2, 0.25) is 5.02 Å². The van der Waals surface area contributed by atoms with Crippen molar-refractivity contribution >= 4 is 39.1 Å². The molecule has 2 amide bonds. The maximum atomic E-state index is 13.3. The number of amides is 2. The van der Waals surface area contributed by atoms with Crippen molar-refractivity contribution in [1.82, 2.24) is 10.2 Å². The number of carbonyl (C=O) groups excluding carboxylic acids is 2. The molecule has 1 unspecified atom stereocenters. The van der Waals surface area contributed by atoms with Gasteiger partial charge in [0.1, 0.15) is 18.4 Å². The van der Waals surface area contributed by atoms with E-state index in [1.54, 1.807) is 45.0 Å². The van der Waals surface area contributed by atoms with Crippen LogP contribution in [0.1, 0.15) is 26.3 Å². The number of anilines is 1. The molecule has 0 saturated heterocycles. The number of benzene rings is 2. The minimum absolute atomic E-state index is 0.0731. The SMILES string of the molecule is CC(C)NC(=O)C(C)N(Cc1ccc(Cl)cc1)C(=O)CN(c1ccc(F)cc1)S(C)(=O)=O. The zero-order valence-electron chi connectivity index (χ0n) is 18.4. The summed E-state index contributed by atoms with van der Waals surface area (Å²) in [4.78, 5) is 27.2. The molecule has 0 aliphatic heterocycles. The first-order chi connectivity index (χ1) is 14.9. The number of carbonyl (C=O) groups is 2. The molecule has 0 bridgehead atoms. The van der Waals surface area contributed by atoms with Gasteiger partial charge in [-0.3, -0.25) is 13.9 Å². The summed E-state index contributed by atoms with van der Waals surface area (Å²) in [7, 11) is -3.86. The Balaban J connectivity index is 2.36. The Morgan fingerprint density at radius 3 is 2.09 bits per heavy atom. The quantitative estimate of drug-likeness (QED) is 0.593. The van der Waals surface area contributed by atoms with Crippen LogP contribution in [-0.2, 0) is 26.2 Å². The van der Waals surface area contributed by atoms with Gasteiger partial charge in [-0.2, -0.15) is 0 Å². The van der Waals surface area contributed by atoms with Crippen LogP contribution in [0.3, 0.4) is 0 Å². The summed E-state index contributed by atoms with van der Waals surface area (Å²) in [6.07, 6.45) is 0.960. The molecule has 0 aliphatic carbocycles. The molecule has 0 aromatic heterocycles. The minimum Gasteiger partial charge on any atom is -0.352 e. The van der Waals surface area contributed by atoms with Crippen LogP contribution >= 0.6 is 11.6 Å². The highest BCUT2D eigenvalue weighted by Gasteiger charge is 2.30. The number of nitrogens with zero attached hydrogens (tertiary/aromatic N) is 2. The van der Waals surface area contributed by atoms with E-state index in [9.17, 15) is 22.4 Å². The molecule has 1 atom stereocenters. The first-order valence-corrected chi connectivity index (χ1v) is 12.2. The zero-order valence-corrected chi connectivity index (χ0v) is 20.0.